The molecule has 2 heterocycles. The molecule has 0 saturated heterocycles. The lowest BCUT2D eigenvalue weighted by Crippen LogP contribution is -2.34. The van der Waals surface area contributed by atoms with Gasteiger partial charge >= 0.3 is 5.88 Å². The minimum atomic E-state index is 0.611. The van der Waals surface area contributed by atoms with Crippen LogP contribution in [0.25, 0.3) is 22.5 Å². The van der Waals surface area contributed by atoms with E-state index in [4.69, 9.17) is 26.2 Å². The van der Waals surface area contributed by atoms with E-state index in [0.717, 1.165) is 26.9 Å². The summed E-state index contributed by atoms with van der Waals surface area (Å²) in [7, 11) is 3.26. The molecular weight excluding hydrogens is 430 g/mol. The van der Waals surface area contributed by atoms with E-state index in [0.29, 0.717) is 16.7 Å². The molecule has 0 fully saturated rings. The van der Waals surface area contributed by atoms with Gasteiger partial charge in [-0.1, -0.05) is 32.0 Å². The Labute approximate surface area is 169 Å². The van der Waals surface area contributed by atoms with Crippen LogP contribution in [0.15, 0.2) is 65.1 Å². The zero-order chi connectivity index (χ0) is 19.0. The smallest absolute Gasteiger partial charge is 0.312 e. The Morgan fingerprint density at radius 1 is 0.963 bits per heavy atom. The van der Waals surface area contributed by atoms with Gasteiger partial charge in [-0.15, -0.1) is 0 Å². The minimum absolute atomic E-state index is 0.611. The zero-order valence-electron chi connectivity index (χ0n) is 14.7. The Bertz CT molecular complexity index is 1110. The SMILES string of the molecule is COc1cc(OC)[n+]2c(c1)c(-c1ccc(Cl)cc1)nn2-c1ccc(Br)cc1. The lowest BCUT2D eigenvalue weighted by molar-refractivity contribution is -0.610. The van der Waals surface area contributed by atoms with Crippen LogP contribution >= 0.6 is 27.5 Å². The number of methoxy groups -OCH3 is 2. The first-order valence-corrected chi connectivity index (χ1v) is 9.37. The zero-order valence-corrected chi connectivity index (χ0v) is 17.0. The number of halogens is 2. The van der Waals surface area contributed by atoms with Crippen molar-refractivity contribution in [2.24, 2.45) is 0 Å². The highest BCUT2D eigenvalue weighted by Crippen LogP contribution is 2.28. The van der Waals surface area contributed by atoms with E-state index in [1.54, 1.807) is 14.2 Å². The van der Waals surface area contributed by atoms with Crippen LogP contribution in [0, 0.1) is 0 Å². The van der Waals surface area contributed by atoms with Crippen LogP contribution in [-0.4, -0.2) is 24.1 Å². The molecule has 0 aliphatic carbocycles. The quantitative estimate of drug-likeness (QED) is 0.427. The molecule has 0 atom stereocenters. The third kappa shape index (κ3) is 3.26. The Balaban J connectivity index is 2.05. The number of ether oxygens (including phenoxy) is 2. The van der Waals surface area contributed by atoms with Gasteiger partial charge in [-0.05, 0) is 53.3 Å². The number of nitrogens with zero attached hydrogens (tertiary/aromatic N) is 3. The Hall–Kier alpha value is -2.57. The van der Waals surface area contributed by atoms with E-state index in [-0.39, 0.29) is 0 Å². The van der Waals surface area contributed by atoms with Crippen LogP contribution in [0.3, 0.4) is 0 Å². The van der Waals surface area contributed by atoms with Crippen molar-refractivity contribution in [3.63, 3.8) is 0 Å². The minimum Gasteiger partial charge on any atom is -0.496 e. The summed E-state index contributed by atoms with van der Waals surface area (Å²) in [6.07, 6.45) is 0. The highest BCUT2D eigenvalue weighted by atomic mass is 79.9. The normalized spacial score (nSPS) is 11.0. The molecule has 0 aliphatic rings. The Kier molecular flexibility index (Phi) is 4.76. The molecule has 0 spiro atoms. The van der Waals surface area contributed by atoms with Gasteiger partial charge in [0, 0.05) is 21.1 Å². The summed E-state index contributed by atoms with van der Waals surface area (Å²) < 4.78 is 14.0. The number of pyridine rings is 1. The molecule has 136 valence electrons. The maximum absolute atomic E-state index is 6.05. The monoisotopic (exact) mass is 444 g/mol. The van der Waals surface area contributed by atoms with Crippen molar-refractivity contribution in [2.75, 3.05) is 14.2 Å². The van der Waals surface area contributed by atoms with Crippen molar-refractivity contribution in [2.45, 2.75) is 0 Å². The second kappa shape index (κ2) is 7.21. The van der Waals surface area contributed by atoms with Gasteiger partial charge in [0.25, 0.3) is 5.69 Å². The number of benzene rings is 2. The maximum Gasteiger partial charge on any atom is 0.312 e. The average molecular weight is 446 g/mol. The third-order valence-corrected chi connectivity index (χ3v) is 5.01. The Morgan fingerprint density at radius 3 is 2.30 bits per heavy atom. The molecule has 0 N–H and O–H groups in total. The number of rotatable bonds is 4. The predicted octanol–water partition coefficient (Wildman–Crippen LogP) is 4.71. The Morgan fingerprint density at radius 2 is 1.67 bits per heavy atom. The van der Waals surface area contributed by atoms with Crippen molar-refractivity contribution in [3.05, 3.63) is 70.2 Å². The van der Waals surface area contributed by atoms with E-state index in [1.165, 1.54) is 0 Å². The molecule has 2 aromatic carbocycles. The number of aromatic nitrogens is 3. The molecule has 0 bridgehead atoms. The second-order valence-corrected chi connectivity index (χ2v) is 7.21. The summed E-state index contributed by atoms with van der Waals surface area (Å²) in [4.78, 5) is 1.81. The van der Waals surface area contributed by atoms with Gasteiger partial charge in [-0.2, -0.15) is 0 Å². The number of hydrogen-bond acceptors (Lipinski definition) is 3. The second-order valence-electron chi connectivity index (χ2n) is 5.86. The van der Waals surface area contributed by atoms with Crippen molar-refractivity contribution in [1.29, 1.82) is 0 Å². The van der Waals surface area contributed by atoms with E-state index < -0.39 is 0 Å². The van der Waals surface area contributed by atoms with Crippen LogP contribution in [0.1, 0.15) is 0 Å². The first-order chi connectivity index (χ1) is 13.1. The topological polar surface area (TPSA) is 40.4 Å². The molecule has 27 heavy (non-hydrogen) atoms. The van der Waals surface area contributed by atoms with Gasteiger partial charge in [-0.3, -0.25) is 0 Å². The van der Waals surface area contributed by atoms with E-state index >= 15 is 0 Å². The summed E-state index contributed by atoms with van der Waals surface area (Å²) in [5.41, 5.74) is 3.50. The summed E-state index contributed by atoms with van der Waals surface area (Å²) in [6.45, 7) is 0. The van der Waals surface area contributed by atoms with Crippen molar-refractivity contribution >= 4 is 33.0 Å². The number of hydrogen-bond donors (Lipinski definition) is 0. The standard InChI is InChI=1S/C20H16BrClN3O2/c1-26-17-11-18-20(13-3-7-15(22)8-4-13)23-25(24(18)19(12-17)27-2)16-9-5-14(21)6-10-16/h3-12H,1-2H3/q+1. The van der Waals surface area contributed by atoms with Crippen molar-refractivity contribution in [1.82, 2.24) is 9.90 Å². The molecule has 0 saturated carbocycles. The predicted molar refractivity (Wildman–Crippen MR) is 108 cm³/mol. The molecule has 0 aliphatic heterocycles. The molecule has 4 aromatic rings. The summed E-state index contributed by atoms with van der Waals surface area (Å²) >= 11 is 9.53. The van der Waals surface area contributed by atoms with Gasteiger partial charge in [0.15, 0.2) is 0 Å². The molecule has 5 nitrogen and oxygen atoms in total. The van der Waals surface area contributed by atoms with Gasteiger partial charge < -0.3 is 9.47 Å². The van der Waals surface area contributed by atoms with Gasteiger partial charge in [0.1, 0.15) is 11.4 Å². The first kappa shape index (κ1) is 17.8. The van der Waals surface area contributed by atoms with E-state index in [1.807, 2.05) is 70.0 Å². The lowest BCUT2D eigenvalue weighted by Gasteiger charge is -2.04. The molecule has 2 aromatic heterocycles. The van der Waals surface area contributed by atoms with Crippen molar-refractivity contribution < 1.29 is 14.0 Å². The van der Waals surface area contributed by atoms with Crippen LogP contribution < -0.4 is 14.0 Å². The maximum atomic E-state index is 6.05. The average Bonchev–Trinajstić information content (AvgIpc) is 3.08. The van der Waals surface area contributed by atoms with E-state index in [2.05, 4.69) is 15.9 Å². The van der Waals surface area contributed by atoms with Crippen LogP contribution in [0.2, 0.25) is 5.02 Å². The van der Waals surface area contributed by atoms with Crippen LogP contribution in [0.4, 0.5) is 0 Å². The lowest BCUT2D eigenvalue weighted by atomic mass is 10.1. The van der Waals surface area contributed by atoms with Gasteiger partial charge in [-0.25, -0.2) is 0 Å². The fourth-order valence-corrected chi connectivity index (χ4v) is 3.31. The van der Waals surface area contributed by atoms with Gasteiger partial charge in [0.05, 0.1) is 25.4 Å². The number of fused-ring (bicyclic) bond motifs is 1. The molecule has 0 radical (unpaired) electrons. The molecule has 0 amide bonds. The molecule has 4 rings (SSSR count). The summed E-state index contributed by atoms with van der Waals surface area (Å²) in [5.74, 6) is 1.30. The molecular formula is C20H16BrClN3O2+. The third-order valence-electron chi connectivity index (χ3n) is 4.23. The van der Waals surface area contributed by atoms with Crippen LogP contribution in [-0.2, 0) is 0 Å². The molecule has 7 heteroatoms. The fourth-order valence-electron chi connectivity index (χ4n) is 2.92. The highest BCUT2D eigenvalue weighted by molar-refractivity contribution is 9.10. The van der Waals surface area contributed by atoms with Gasteiger partial charge in [0.2, 0.25) is 5.52 Å². The summed E-state index contributed by atoms with van der Waals surface area (Å²) in [6, 6.07) is 19.3. The molecule has 0 unspecified atom stereocenters. The summed E-state index contributed by atoms with van der Waals surface area (Å²) in [5, 5.41) is 5.54. The first-order valence-electron chi connectivity index (χ1n) is 8.19. The van der Waals surface area contributed by atoms with Crippen LogP contribution in [0.5, 0.6) is 11.6 Å². The fraction of sp³-hybridized carbons (Fsp3) is 0.100. The largest absolute Gasteiger partial charge is 0.496 e. The van der Waals surface area contributed by atoms with Crippen molar-refractivity contribution in [3.8, 4) is 28.6 Å². The van der Waals surface area contributed by atoms with E-state index in [9.17, 15) is 0 Å². The highest BCUT2D eigenvalue weighted by Gasteiger charge is 2.27.